The van der Waals surface area contributed by atoms with E-state index >= 15 is 0 Å². The Kier molecular flexibility index (Phi) is 4.07. The fraction of sp³-hybridized carbons (Fsp3) is 0.375. The number of hydrogen-bond donors (Lipinski definition) is 2. The molecule has 116 valence electrons. The first kappa shape index (κ1) is 14.9. The van der Waals surface area contributed by atoms with Crippen LogP contribution in [0.4, 0.5) is 0 Å². The highest BCUT2D eigenvalue weighted by atomic mass is 35.5. The number of carboxylic acids is 1. The number of fused-ring (bicyclic) bond motifs is 1. The molecule has 3 rings (SSSR count). The zero-order valence-corrected chi connectivity index (χ0v) is 12.6. The van der Waals surface area contributed by atoms with E-state index in [0.29, 0.717) is 29.2 Å². The van der Waals surface area contributed by atoms with Gasteiger partial charge in [0.05, 0.1) is 11.5 Å². The summed E-state index contributed by atoms with van der Waals surface area (Å²) in [6.07, 6.45) is 3.86. The first-order valence-electron chi connectivity index (χ1n) is 7.21. The van der Waals surface area contributed by atoms with E-state index in [1.165, 1.54) is 0 Å². The Morgan fingerprint density at radius 2 is 2.14 bits per heavy atom. The maximum absolute atomic E-state index is 12.3. The third-order valence-electron chi connectivity index (χ3n) is 4.13. The van der Waals surface area contributed by atoms with Gasteiger partial charge in [0.25, 0.3) is 5.91 Å². The highest BCUT2D eigenvalue weighted by molar-refractivity contribution is 6.30. The summed E-state index contributed by atoms with van der Waals surface area (Å²) in [5.74, 6) is -0.946. The normalized spacial score (nSPS) is 23.2. The average Bonchev–Trinajstić information content (AvgIpc) is 2.94. The van der Waals surface area contributed by atoms with Crippen LogP contribution in [0.2, 0.25) is 5.02 Å². The number of carbonyl (C=O) groups is 2. The molecule has 2 N–H and O–H groups in total. The van der Waals surface area contributed by atoms with Crippen LogP contribution >= 0.6 is 11.6 Å². The number of carbonyl (C=O) groups excluding carboxylic acids is 1. The molecule has 1 aliphatic heterocycles. The second kappa shape index (κ2) is 6.01. The van der Waals surface area contributed by atoms with Gasteiger partial charge in [-0.15, -0.1) is 0 Å². The van der Waals surface area contributed by atoms with Gasteiger partial charge < -0.3 is 15.2 Å². The molecule has 0 saturated heterocycles. The molecule has 2 atom stereocenters. The van der Waals surface area contributed by atoms with Crippen molar-refractivity contribution in [1.29, 1.82) is 0 Å². The van der Waals surface area contributed by atoms with E-state index in [1.54, 1.807) is 24.3 Å². The monoisotopic (exact) mass is 321 g/mol. The number of halogens is 1. The minimum Gasteiger partial charge on any atom is -0.488 e. The Labute approximate surface area is 132 Å². The standard InChI is InChI=1S/C16H16ClNO4/c17-11-4-5-14-9(7-11)6-10(8-22-14)15(19)18-13-3-1-2-12(13)16(20)21/h4-7,12-13H,1-3,8H2,(H,18,19)(H,20,21)/t12-,13+/m1/s1. The minimum atomic E-state index is -0.853. The molecule has 1 saturated carbocycles. The van der Waals surface area contributed by atoms with Crippen molar-refractivity contribution in [3.63, 3.8) is 0 Å². The largest absolute Gasteiger partial charge is 0.488 e. The van der Waals surface area contributed by atoms with Gasteiger partial charge in [-0.25, -0.2) is 0 Å². The SMILES string of the molecule is O=C(N[C@H]1CCC[C@H]1C(=O)O)C1=Cc2cc(Cl)ccc2OC1. The summed E-state index contributed by atoms with van der Waals surface area (Å²) in [5.41, 5.74) is 1.23. The zero-order chi connectivity index (χ0) is 15.7. The number of nitrogens with one attached hydrogen (secondary N) is 1. The molecule has 1 aromatic rings. The molecule has 6 heteroatoms. The van der Waals surface area contributed by atoms with Crippen LogP contribution in [0, 0.1) is 5.92 Å². The Hall–Kier alpha value is -2.01. The van der Waals surface area contributed by atoms with Crippen molar-refractivity contribution in [3.8, 4) is 5.75 Å². The highest BCUT2D eigenvalue weighted by Crippen LogP contribution is 2.30. The lowest BCUT2D eigenvalue weighted by atomic mass is 10.0. The van der Waals surface area contributed by atoms with E-state index in [2.05, 4.69) is 5.32 Å². The molecule has 22 heavy (non-hydrogen) atoms. The summed E-state index contributed by atoms with van der Waals surface area (Å²) in [6, 6.07) is 4.92. The smallest absolute Gasteiger partial charge is 0.308 e. The number of aliphatic carboxylic acids is 1. The number of ether oxygens (including phenoxy) is 1. The van der Waals surface area contributed by atoms with Crippen molar-refractivity contribution in [1.82, 2.24) is 5.32 Å². The van der Waals surface area contributed by atoms with E-state index < -0.39 is 11.9 Å². The van der Waals surface area contributed by atoms with Crippen LogP contribution in [0.25, 0.3) is 6.08 Å². The van der Waals surface area contributed by atoms with Crippen LogP contribution in [0.3, 0.4) is 0 Å². The topological polar surface area (TPSA) is 75.6 Å². The lowest BCUT2D eigenvalue weighted by Crippen LogP contribution is -2.41. The van der Waals surface area contributed by atoms with Crippen LogP contribution in [0.1, 0.15) is 24.8 Å². The van der Waals surface area contributed by atoms with Gasteiger partial charge in [-0.1, -0.05) is 18.0 Å². The van der Waals surface area contributed by atoms with Gasteiger partial charge in [-0.2, -0.15) is 0 Å². The lowest BCUT2D eigenvalue weighted by Gasteiger charge is -2.21. The fourth-order valence-electron chi connectivity index (χ4n) is 2.97. The third kappa shape index (κ3) is 2.95. The van der Waals surface area contributed by atoms with Crippen LogP contribution < -0.4 is 10.1 Å². The first-order chi connectivity index (χ1) is 10.5. The van der Waals surface area contributed by atoms with E-state index in [4.69, 9.17) is 21.4 Å². The predicted octanol–water partition coefficient (Wildman–Crippen LogP) is 2.49. The molecule has 1 fully saturated rings. The summed E-state index contributed by atoms with van der Waals surface area (Å²) in [5, 5.41) is 12.6. The number of hydrogen-bond acceptors (Lipinski definition) is 3. The van der Waals surface area contributed by atoms with Gasteiger partial charge in [0.1, 0.15) is 12.4 Å². The molecule has 0 bridgehead atoms. The van der Waals surface area contributed by atoms with Gasteiger partial charge >= 0.3 is 5.97 Å². The summed E-state index contributed by atoms with van der Waals surface area (Å²) < 4.78 is 5.55. The second-order valence-corrected chi connectivity index (χ2v) is 6.03. The Morgan fingerprint density at radius 3 is 2.91 bits per heavy atom. The molecule has 2 aliphatic rings. The molecule has 0 radical (unpaired) electrons. The highest BCUT2D eigenvalue weighted by Gasteiger charge is 2.34. The van der Waals surface area contributed by atoms with Gasteiger partial charge in [0.2, 0.25) is 0 Å². The van der Waals surface area contributed by atoms with E-state index in [0.717, 1.165) is 12.0 Å². The molecule has 1 amide bonds. The van der Waals surface area contributed by atoms with Gasteiger partial charge in [0.15, 0.2) is 0 Å². The van der Waals surface area contributed by atoms with Crippen molar-refractivity contribution in [2.45, 2.75) is 25.3 Å². The summed E-state index contributed by atoms with van der Waals surface area (Å²) in [4.78, 5) is 23.5. The molecule has 0 spiro atoms. The molecule has 1 aliphatic carbocycles. The Morgan fingerprint density at radius 1 is 1.32 bits per heavy atom. The molecule has 1 heterocycles. The van der Waals surface area contributed by atoms with Crippen molar-refractivity contribution in [3.05, 3.63) is 34.4 Å². The number of amides is 1. The Bertz CT molecular complexity index is 656. The summed E-state index contributed by atoms with van der Waals surface area (Å²) in [7, 11) is 0. The van der Waals surface area contributed by atoms with E-state index in [1.807, 2.05) is 0 Å². The number of benzene rings is 1. The predicted molar refractivity (Wildman–Crippen MR) is 81.8 cm³/mol. The third-order valence-corrected chi connectivity index (χ3v) is 4.36. The number of carboxylic acid groups (broad SMARTS) is 1. The summed E-state index contributed by atoms with van der Waals surface area (Å²) in [6.45, 7) is 0.172. The summed E-state index contributed by atoms with van der Waals surface area (Å²) >= 11 is 5.94. The lowest BCUT2D eigenvalue weighted by molar-refractivity contribution is -0.142. The molecule has 0 unspecified atom stereocenters. The molecular formula is C16H16ClNO4. The Balaban J connectivity index is 1.74. The van der Waals surface area contributed by atoms with Gasteiger partial charge in [0, 0.05) is 16.6 Å². The minimum absolute atomic E-state index is 0.172. The van der Waals surface area contributed by atoms with Crippen molar-refractivity contribution < 1.29 is 19.4 Å². The maximum atomic E-state index is 12.3. The van der Waals surface area contributed by atoms with Crippen LogP contribution in [0.5, 0.6) is 5.75 Å². The van der Waals surface area contributed by atoms with Crippen molar-refractivity contribution >= 4 is 29.6 Å². The van der Waals surface area contributed by atoms with Crippen LogP contribution in [-0.4, -0.2) is 29.6 Å². The van der Waals surface area contributed by atoms with Crippen LogP contribution in [-0.2, 0) is 9.59 Å². The fourth-order valence-corrected chi connectivity index (χ4v) is 3.15. The van der Waals surface area contributed by atoms with Gasteiger partial charge in [-0.3, -0.25) is 9.59 Å². The molecule has 1 aromatic carbocycles. The molecular weight excluding hydrogens is 306 g/mol. The van der Waals surface area contributed by atoms with Crippen LogP contribution in [0.15, 0.2) is 23.8 Å². The van der Waals surface area contributed by atoms with Crippen molar-refractivity contribution in [2.75, 3.05) is 6.61 Å². The first-order valence-corrected chi connectivity index (χ1v) is 7.59. The second-order valence-electron chi connectivity index (χ2n) is 5.60. The average molecular weight is 322 g/mol. The van der Waals surface area contributed by atoms with E-state index in [-0.39, 0.29) is 18.6 Å². The molecule has 5 nitrogen and oxygen atoms in total. The van der Waals surface area contributed by atoms with E-state index in [9.17, 15) is 9.59 Å². The zero-order valence-electron chi connectivity index (χ0n) is 11.8. The molecule has 0 aromatic heterocycles. The quantitative estimate of drug-likeness (QED) is 0.897. The number of rotatable bonds is 3. The van der Waals surface area contributed by atoms with Gasteiger partial charge in [-0.05, 0) is 37.1 Å². The van der Waals surface area contributed by atoms with Crippen molar-refractivity contribution in [2.24, 2.45) is 5.92 Å². The maximum Gasteiger partial charge on any atom is 0.308 e.